The first-order chi connectivity index (χ1) is 9.86. The number of amides is 1. The molecule has 0 aliphatic carbocycles. The Morgan fingerprint density at radius 3 is 2.52 bits per heavy atom. The second-order valence-electron chi connectivity index (χ2n) is 4.54. The van der Waals surface area contributed by atoms with E-state index in [1.165, 1.54) is 32.2 Å². The smallest absolute Gasteiger partial charge is 0.336 e. The minimum atomic E-state index is -1.39. The molecule has 0 spiro atoms. The van der Waals surface area contributed by atoms with Crippen LogP contribution in [0, 0.1) is 0 Å². The molecule has 0 radical (unpaired) electrons. The first-order valence-corrected chi connectivity index (χ1v) is 6.38. The van der Waals surface area contributed by atoms with Crippen LogP contribution in [0.25, 0.3) is 0 Å². The molecule has 4 N–H and O–H groups in total. The predicted octanol–water partition coefficient (Wildman–Crippen LogP) is 0.314. The minimum Gasteiger partial charge on any atom is -0.497 e. The molecular weight excluding hydrogens is 278 g/mol. The van der Waals surface area contributed by atoms with E-state index in [0.29, 0.717) is 5.75 Å². The highest BCUT2D eigenvalue weighted by molar-refractivity contribution is 5.89. The molecule has 0 aliphatic heterocycles. The van der Waals surface area contributed by atoms with Crippen molar-refractivity contribution in [3.05, 3.63) is 29.3 Å². The van der Waals surface area contributed by atoms with Gasteiger partial charge < -0.3 is 25.4 Å². The topological polar surface area (TPSA) is 116 Å². The van der Waals surface area contributed by atoms with Gasteiger partial charge in [-0.25, -0.2) is 4.79 Å². The third kappa shape index (κ3) is 4.73. The van der Waals surface area contributed by atoms with Gasteiger partial charge in [-0.05, 0) is 24.6 Å². The molecule has 1 aromatic carbocycles. The molecule has 1 aromatic rings. The standard InChI is InChI=1S/C14H19NO6/c1-8(16)15-6-5-12(17)13(18)11-7-9(21-2)3-4-10(11)14(19)20/h3-4,7,12-13,17-18H,5-6H2,1-2H3,(H,15,16)(H,19,20). The van der Waals surface area contributed by atoms with Crippen molar-refractivity contribution < 1.29 is 29.6 Å². The number of methoxy groups -OCH3 is 1. The SMILES string of the molecule is COc1ccc(C(=O)O)c(C(O)C(O)CCNC(C)=O)c1. The van der Waals surface area contributed by atoms with Gasteiger partial charge in [0, 0.05) is 19.0 Å². The third-order valence-electron chi connectivity index (χ3n) is 2.99. The van der Waals surface area contributed by atoms with Crippen LogP contribution in [0.5, 0.6) is 5.75 Å². The average molecular weight is 297 g/mol. The fourth-order valence-corrected chi connectivity index (χ4v) is 1.87. The second kappa shape index (κ2) is 7.61. The molecule has 116 valence electrons. The first kappa shape index (κ1) is 16.9. The maximum Gasteiger partial charge on any atom is 0.336 e. The number of hydrogen-bond donors (Lipinski definition) is 4. The van der Waals surface area contributed by atoms with E-state index in [9.17, 15) is 19.8 Å². The molecule has 0 fully saturated rings. The van der Waals surface area contributed by atoms with Crippen LogP contribution >= 0.6 is 0 Å². The number of carboxylic acid groups (broad SMARTS) is 1. The summed E-state index contributed by atoms with van der Waals surface area (Å²) < 4.78 is 4.99. The van der Waals surface area contributed by atoms with Crippen LogP contribution < -0.4 is 10.1 Å². The molecule has 7 nitrogen and oxygen atoms in total. The van der Waals surface area contributed by atoms with Crippen molar-refractivity contribution in [2.75, 3.05) is 13.7 Å². The van der Waals surface area contributed by atoms with E-state index in [0.717, 1.165) is 0 Å². The van der Waals surface area contributed by atoms with Gasteiger partial charge in [-0.1, -0.05) is 0 Å². The number of aromatic carboxylic acids is 1. The number of benzene rings is 1. The Bertz CT molecular complexity index is 516. The maximum absolute atomic E-state index is 11.2. The van der Waals surface area contributed by atoms with E-state index in [-0.39, 0.29) is 30.0 Å². The zero-order valence-corrected chi connectivity index (χ0v) is 11.9. The zero-order valence-electron chi connectivity index (χ0n) is 11.9. The Hall–Kier alpha value is -2.12. The molecule has 1 amide bonds. The van der Waals surface area contributed by atoms with Crippen LogP contribution in [0.1, 0.15) is 35.4 Å². The van der Waals surface area contributed by atoms with Crippen LogP contribution in [-0.4, -0.2) is 47.0 Å². The zero-order chi connectivity index (χ0) is 16.0. The second-order valence-corrected chi connectivity index (χ2v) is 4.54. The maximum atomic E-state index is 11.2. The lowest BCUT2D eigenvalue weighted by Gasteiger charge is -2.20. The van der Waals surface area contributed by atoms with Gasteiger partial charge in [0.15, 0.2) is 0 Å². The monoisotopic (exact) mass is 297 g/mol. The van der Waals surface area contributed by atoms with Crippen LogP contribution in [-0.2, 0) is 4.79 Å². The van der Waals surface area contributed by atoms with Crippen molar-refractivity contribution in [1.29, 1.82) is 0 Å². The quantitative estimate of drug-likeness (QED) is 0.576. The summed E-state index contributed by atoms with van der Waals surface area (Å²) in [5.41, 5.74) is -0.0425. The number of carbonyl (C=O) groups is 2. The van der Waals surface area contributed by atoms with Crippen LogP contribution in [0.4, 0.5) is 0 Å². The largest absolute Gasteiger partial charge is 0.497 e. The summed E-state index contributed by atoms with van der Waals surface area (Å²) in [7, 11) is 1.42. The van der Waals surface area contributed by atoms with Crippen LogP contribution in [0.3, 0.4) is 0 Å². The molecule has 0 aliphatic rings. The van der Waals surface area contributed by atoms with Crippen molar-refractivity contribution in [2.24, 2.45) is 0 Å². The van der Waals surface area contributed by atoms with E-state index in [2.05, 4.69) is 5.32 Å². The lowest BCUT2D eigenvalue weighted by atomic mass is 9.96. The van der Waals surface area contributed by atoms with Gasteiger partial charge in [0.2, 0.25) is 5.91 Å². The van der Waals surface area contributed by atoms with E-state index in [4.69, 9.17) is 9.84 Å². The summed E-state index contributed by atoms with van der Waals surface area (Å²) in [5, 5.41) is 31.7. The van der Waals surface area contributed by atoms with E-state index < -0.39 is 18.2 Å². The lowest BCUT2D eigenvalue weighted by molar-refractivity contribution is -0.119. The predicted molar refractivity (Wildman–Crippen MR) is 74.2 cm³/mol. The van der Waals surface area contributed by atoms with E-state index in [1.54, 1.807) is 0 Å². The fourth-order valence-electron chi connectivity index (χ4n) is 1.87. The molecular formula is C14H19NO6. The fraction of sp³-hybridized carbons (Fsp3) is 0.429. The highest BCUT2D eigenvalue weighted by Gasteiger charge is 2.24. The Morgan fingerprint density at radius 2 is 2.00 bits per heavy atom. The summed E-state index contributed by atoms with van der Waals surface area (Å²) in [6.45, 7) is 1.52. The summed E-state index contributed by atoms with van der Waals surface area (Å²) in [6, 6.07) is 4.14. The number of nitrogens with one attached hydrogen (secondary N) is 1. The first-order valence-electron chi connectivity index (χ1n) is 6.38. The number of rotatable bonds is 7. The molecule has 21 heavy (non-hydrogen) atoms. The Balaban J connectivity index is 2.90. The van der Waals surface area contributed by atoms with Crippen molar-refractivity contribution in [2.45, 2.75) is 25.6 Å². The molecule has 0 saturated carbocycles. The molecule has 2 unspecified atom stereocenters. The third-order valence-corrected chi connectivity index (χ3v) is 2.99. The summed E-state index contributed by atoms with van der Waals surface area (Å²) in [4.78, 5) is 21.9. The summed E-state index contributed by atoms with van der Waals surface area (Å²) in [5.74, 6) is -1.08. The molecule has 0 saturated heterocycles. The molecule has 7 heteroatoms. The van der Waals surface area contributed by atoms with Crippen molar-refractivity contribution in [3.8, 4) is 5.75 Å². The van der Waals surface area contributed by atoms with Crippen LogP contribution in [0.2, 0.25) is 0 Å². The van der Waals surface area contributed by atoms with E-state index in [1.807, 2.05) is 0 Å². The van der Waals surface area contributed by atoms with Gasteiger partial charge in [0.25, 0.3) is 0 Å². The highest BCUT2D eigenvalue weighted by atomic mass is 16.5. The highest BCUT2D eigenvalue weighted by Crippen LogP contribution is 2.27. The molecule has 0 aromatic heterocycles. The Kier molecular flexibility index (Phi) is 6.13. The van der Waals surface area contributed by atoms with Crippen molar-refractivity contribution >= 4 is 11.9 Å². The van der Waals surface area contributed by atoms with Gasteiger partial charge in [-0.3, -0.25) is 4.79 Å². The lowest BCUT2D eigenvalue weighted by Crippen LogP contribution is -2.28. The average Bonchev–Trinajstić information content (AvgIpc) is 2.45. The van der Waals surface area contributed by atoms with Crippen LogP contribution in [0.15, 0.2) is 18.2 Å². The van der Waals surface area contributed by atoms with Gasteiger partial charge in [0.05, 0.1) is 18.8 Å². The van der Waals surface area contributed by atoms with Gasteiger partial charge in [-0.15, -0.1) is 0 Å². The number of carbonyl (C=O) groups excluding carboxylic acids is 1. The number of aliphatic hydroxyl groups excluding tert-OH is 2. The van der Waals surface area contributed by atoms with E-state index >= 15 is 0 Å². The molecule has 1 rings (SSSR count). The summed E-state index contributed by atoms with van der Waals surface area (Å²) in [6.07, 6.45) is -2.50. The molecule has 2 atom stereocenters. The normalized spacial score (nSPS) is 13.3. The van der Waals surface area contributed by atoms with Gasteiger partial charge in [0.1, 0.15) is 11.9 Å². The van der Waals surface area contributed by atoms with Gasteiger partial charge in [-0.2, -0.15) is 0 Å². The molecule has 0 heterocycles. The Morgan fingerprint density at radius 1 is 1.33 bits per heavy atom. The number of carboxylic acids is 1. The van der Waals surface area contributed by atoms with Crippen molar-refractivity contribution in [1.82, 2.24) is 5.32 Å². The minimum absolute atomic E-state index is 0.0668. The molecule has 0 bridgehead atoms. The number of aliphatic hydroxyl groups is 2. The van der Waals surface area contributed by atoms with Crippen molar-refractivity contribution in [3.63, 3.8) is 0 Å². The number of hydrogen-bond acceptors (Lipinski definition) is 5. The summed E-state index contributed by atoms with van der Waals surface area (Å²) >= 11 is 0. The number of ether oxygens (including phenoxy) is 1. The van der Waals surface area contributed by atoms with Gasteiger partial charge >= 0.3 is 5.97 Å². The Labute approximate surface area is 122 Å².